The summed E-state index contributed by atoms with van der Waals surface area (Å²) in [5, 5.41) is 0. The SMILES string of the molecule is Cc1ccc(N(C)c2ccc(C(N)=S)c(F)c2)cc1. The summed E-state index contributed by atoms with van der Waals surface area (Å²) in [5.41, 5.74) is 8.65. The van der Waals surface area contributed by atoms with Gasteiger partial charge in [0.25, 0.3) is 0 Å². The number of aryl methyl sites for hydroxylation is 1. The van der Waals surface area contributed by atoms with Crippen LogP contribution in [0.3, 0.4) is 0 Å². The number of benzene rings is 2. The van der Waals surface area contributed by atoms with Crippen LogP contribution in [0.5, 0.6) is 0 Å². The highest BCUT2D eigenvalue weighted by molar-refractivity contribution is 7.80. The number of halogens is 1. The molecular formula is C15H15FN2S. The summed E-state index contributed by atoms with van der Waals surface area (Å²) in [6, 6.07) is 12.9. The second-order valence-electron chi connectivity index (χ2n) is 4.42. The highest BCUT2D eigenvalue weighted by atomic mass is 32.1. The molecule has 0 aliphatic heterocycles. The van der Waals surface area contributed by atoms with Crippen molar-refractivity contribution in [1.82, 2.24) is 0 Å². The topological polar surface area (TPSA) is 29.3 Å². The van der Waals surface area contributed by atoms with E-state index in [2.05, 4.69) is 0 Å². The lowest BCUT2D eigenvalue weighted by molar-refractivity contribution is 0.625. The third-order valence-electron chi connectivity index (χ3n) is 3.03. The highest BCUT2D eigenvalue weighted by Gasteiger charge is 2.09. The summed E-state index contributed by atoms with van der Waals surface area (Å²) >= 11 is 4.79. The van der Waals surface area contributed by atoms with E-state index in [1.165, 1.54) is 11.6 Å². The molecule has 0 fully saturated rings. The minimum Gasteiger partial charge on any atom is -0.389 e. The number of nitrogens with zero attached hydrogens (tertiary/aromatic N) is 1. The summed E-state index contributed by atoms with van der Waals surface area (Å²) in [6.45, 7) is 2.03. The van der Waals surface area contributed by atoms with Crippen molar-refractivity contribution in [2.24, 2.45) is 5.73 Å². The van der Waals surface area contributed by atoms with Gasteiger partial charge in [0.1, 0.15) is 10.8 Å². The average molecular weight is 274 g/mol. The van der Waals surface area contributed by atoms with E-state index in [0.29, 0.717) is 0 Å². The zero-order chi connectivity index (χ0) is 14.0. The van der Waals surface area contributed by atoms with Crippen molar-refractivity contribution in [2.45, 2.75) is 6.92 Å². The summed E-state index contributed by atoms with van der Waals surface area (Å²) in [6.07, 6.45) is 0. The van der Waals surface area contributed by atoms with Crippen LogP contribution in [-0.4, -0.2) is 12.0 Å². The van der Waals surface area contributed by atoms with Crippen molar-refractivity contribution < 1.29 is 4.39 Å². The molecule has 0 radical (unpaired) electrons. The van der Waals surface area contributed by atoms with E-state index in [1.807, 2.05) is 43.1 Å². The number of thiocarbonyl (C=S) groups is 1. The van der Waals surface area contributed by atoms with Gasteiger partial charge >= 0.3 is 0 Å². The second kappa shape index (κ2) is 5.36. The Bertz CT molecular complexity index is 608. The fraction of sp³-hybridized carbons (Fsp3) is 0.133. The molecule has 0 atom stereocenters. The molecule has 0 unspecified atom stereocenters. The number of anilines is 2. The van der Waals surface area contributed by atoms with Crippen molar-refractivity contribution in [2.75, 3.05) is 11.9 Å². The van der Waals surface area contributed by atoms with Crippen molar-refractivity contribution in [3.05, 3.63) is 59.4 Å². The highest BCUT2D eigenvalue weighted by Crippen LogP contribution is 2.25. The molecule has 2 aromatic rings. The van der Waals surface area contributed by atoms with E-state index in [0.717, 1.165) is 11.4 Å². The zero-order valence-corrected chi connectivity index (χ0v) is 11.7. The Labute approximate surface area is 117 Å². The molecule has 0 bridgehead atoms. The molecular weight excluding hydrogens is 259 g/mol. The standard InChI is InChI=1S/C15H15FN2S/c1-10-3-5-11(6-4-10)18(2)12-7-8-13(15(17)19)14(16)9-12/h3-9H,1-2H3,(H2,17,19). The maximum absolute atomic E-state index is 13.8. The Kier molecular flexibility index (Phi) is 3.81. The molecule has 19 heavy (non-hydrogen) atoms. The largest absolute Gasteiger partial charge is 0.389 e. The van der Waals surface area contributed by atoms with Crippen molar-refractivity contribution in [1.29, 1.82) is 0 Å². The molecule has 0 aliphatic carbocycles. The molecule has 0 spiro atoms. The minimum atomic E-state index is -0.399. The summed E-state index contributed by atoms with van der Waals surface area (Å²) in [5.74, 6) is -0.399. The van der Waals surface area contributed by atoms with Crippen LogP contribution in [0, 0.1) is 12.7 Å². The average Bonchev–Trinajstić information content (AvgIpc) is 2.38. The van der Waals surface area contributed by atoms with Crippen molar-refractivity contribution in [3.63, 3.8) is 0 Å². The molecule has 2 aromatic carbocycles. The van der Waals surface area contributed by atoms with E-state index >= 15 is 0 Å². The lowest BCUT2D eigenvalue weighted by atomic mass is 10.1. The summed E-state index contributed by atoms with van der Waals surface area (Å²) in [4.78, 5) is 1.98. The van der Waals surface area contributed by atoms with Crippen molar-refractivity contribution in [3.8, 4) is 0 Å². The minimum absolute atomic E-state index is 0.0713. The van der Waals surface area contributed by atoms with Gasteiger partial charge in [0.15, 0.2) is 0 Å². The van der Waals surface area contributed by atoms with Gasteiger partial charge in [-0.3, -0.25) is 0 Å². The van der Waals surface area contributed by atoms with Gasteiger partial charge in [-0.15, -0.1) is 0 Å². The summed E-state index contributed by atoms with van der Waals surface area (Å²) in [7, 11) is 1.89. The van der Waals surface area contributed by atoms with Crippen LogP contribution in [0.2, 0.25) is 0 Å². The normalized spacial score (nSPS) is 10.3. The number of hydrogen-bond donors (Lipinski definition) is 1. The van der Waals surface area contributed by atoms with Gasteiger partial charge in [-0.25, -0.2) is 4.39 Å². The van der Waals surface area contributed by atoms with Crippen LogP contribution in [0.4, 0.5) is 15.8 Å². The van der Waals surface area contributed by atoms with Crippen molar-refractivity contribution >= 4 is 28.6 Å². The molecule has 2 N–H and O–H groups in total. The first-order chi connectivity index (χ1) is 8.99. The lowest BCUT2D eigenvalue weighted by Gasteiger charge is -2.20. The Morgan fingerprint density at radius 1 is 1.11 bits per heavy atom. The molecule has 4 heteroatoms. The number of rotatable bonds is 3. The maximum atomic E-state index is 13.8. The van der Waals surface area contributed by atoms with E-state index in [1.54, 1.807) is 12.1 Å². The van der Waals surface area contributed by atoms with E-state index < -0.39 is 5.82 Å². The van der Waals surface area contributed by atoms with E-state index in [4.69, 9.17) is 18.0 Å². The van der Waals surface area contributed by atoms with Crippen LogP contribution in [-0.2, 0) is 0 Å². The molecule has 0 aliphatic rings. The maximum Gasteiger partial charge on any atom is 0.135 e. The second-order valence-corrected chi connectivity index (χ2v) is 4.86. The molecule has 0 saturated carbocycles. The van der Waals surface area contributed by atoms with E-state index in [9.17, 15) is 4.39 Å². The monoisotopic (exact) mass is 274 g/mol. The fourth-order valence-electron chi connectivity index (χ4n) is 1.83. The third-order valence-corrected chi connectivity index (χ3v) is 3.25. The number of hydrogen-bond acceptors (Lipinski definition) is 2. The molecule has 0 aromatic heterocycles. The fourth-order valence-corrected chi connectivity index (χ4v) is 2.00. The Hall–Kier alpha value is -1.94. The lowest BCUT2D eigenvalue weighted by Crippen LogP contribution is -2.14. The predicted molar refractivity (Wildman–Crippen MR) is 81.5 cm³/mol. The quantitative estimate of drug-likeness (QED) is 0.868. The zero-order valence-electron chi connectivity index (χ0n) is 10.9. The number of nitrogens with two attached hydrogens (primary N) is 1. The molecule has 2 rings (SSSR count). The van der Waals surface area contributed by atoms with Crippen LogP contribution < -0.4 is 10.6 Å². The summed E-state index contributed by atoms with van der Waals surface area (Å²) < 4.78 is 13.8. The van der Waals surface area contributed by atoms with Crippen LogP contribution in [0.25, 0.3) is 0 Å². The van der Waals surface area contributed by atoms with Gasteiger partial charge in [-0.05, 0) is 37.3 Å². The first kappa shape index (κ1) is 13.5. The van der Waals surface area contributed by atoms with Crippen LogP contribution >= 0.6 is 12.2 Å². The predicted octanol–water partition coefficient (Wildman–Crippen LogP) is 3.54. The van der Waals surface area contributed by atoms with E-state index in [-0.39, 0.29) is 10.6 Å². The smallest absolute Gasteiger partial charge is 0.135 e. The Balaban J connectivity index is 2.34. The van der Waals surface area contributed by atoms with Gasteiger partial charge in [-0.2, -0.15) is 0 Å². The van der Waals surface area contributed by atoms with Gasteiger partial charge in [0.2, 0.25) is 0 Å². The van der Waals surface area contributed by atoms with Gasteiger partial charge in [-0.1, -0.05) is 29.9 Å². The molecule has 98 valence electrons. The molecule has 2 nitrogen and oxygen atoms in total. The molecule has 0 saturated heterocycles. The van der Waals surface area contributed by atoms with Crippen LogP contribution in [0.15, 0.2) is 42.5 Å². The third kappa shape index (κ3) is 2.90. The van der Waals surface area contributed by atoms with Gasteiger partial charge < -0.3 is 10.6 Å². The first-order valence-corrected chi connectivity index (χ1v) is 6.29. The molecule has 0 amide bonds. The van der Waals surface area contributed by atoms with Gasteiger partial charge in [0.05, 0.1) is 0 Å². The Morgan fingerprint density at radius 3 is 2.21 bits per heavy atom. The van der Waals surface area contributed by atoms with Crippen LogP contribution in [0.1, 0.15) is 11.1 Å². The first-order valence-electron chi connectivity index (χ1n) is 5.89. The Morgan fingerprint density at radius 2 is 1.68 bits per heavy atom. The molecule has 0 heterocycles. The van der Waals surface area contributed by atoms with Gasteiger partial charge in [0, 0.05) is 24.0 Å².